The molecule has 1 aliphatic carbocycles. The van der Waals surface area contributed by atoms with Gasteiger partial charge in [0.25, 0.3) is 0 Å². The summed E-state index contributed by atoms with van der Waals surface area (Å²) in [5, 5.41) is 7.43. The Labute approximate surface area is 147 Å². The second-order valence-electron chi connectivity index (χ2n) is 6.81. The summed E-state index contributed by atoms with van der Waals surface area (Å²) in [6, 6.07) is 12.1. The van der Waals surface area contributed by atoms with E-state index in [1.165, 1.54) is 0 Å². The van der Waals surface area contributed by atoms with Crippen molar-refractivity contribution in [1.29, 1.82) is 0 Å². The molecule has 1 N–H and O–H groups in total. The first-order chi connectivity index (χ1) is 12.3. The molecule has 2 heterocycles. The lowest BCUT2D eigenvalue weighted by molar-refractivity contribution is -0.130. The third-order valence-electron chi connectivity index (χ3n) is 4.77. The zero-order valence-corrected chi connectivity index (χ0v) is 14.3. The van der Waals surface area contributed by atoms with Crippen LogP contribution < -0.4 is 5.32 Å². The fourth-order valence-electron chi connectivity index (χ4n) is 3.38. The monoisotopic (exact) mass is 340 g/mol. The van der Waals surface area contributed by atoms with E-state index in [2.05, 4.69) is 15.3 Å². The highest BCUT2D eigenvalue weighted by molar-refractivity contribution is 5.83. The van der Waals surface area contributed by atoms with E-state index in [4.69, 9.17) is 4.74 Å². The zero-order valence-electron chi connectivity index (χ0n) is 14.3. The van der Waals surface area contributed by atoms with Crippen molar-refractivity contribution >= 4 is 5.91 Å². The SMILES string of the molecule is O=C(NC1CC1)[C@@H](c1ccccc1)N1CCO[C@@H](Cn2cccn2)C1. The second kappa shape index (κ2) is 7.37. The van der Waals surface area contributed by atoms with Gasteiger partial charge in [-0.1, -0.05) is 30.3 Å². The number of morpholine rings is 1. The maximum Gasteiger partial charge on any atom is 0.242 e. The van der Waals surface area contributed by atoms with Gasteiger partial charge in [0.2, 0.25) is 5.91 Å². The highest BCUT2D eigenvalue weighted by atomic mass is 16.5. The molecule has 1 amide bonds. The quantitative estimate of drug-likeness (QED) is 0.868. The molecule has 0 bridgehead atoms. The summed E-state index contributed by atoms with van der Waals surface area (Å²) in [7, 11) is 0. The Morgan fingerprint density at radius 2 is 2.12 bits per heavy atom. The highest BCUT2D eigenvalue weighted by Gasteiger charge is 2.34. The van der Waals surface area contributed by atoms with Gasteiger partial charge in [-0.15, -0.1) is 0 Å². The molecule has 1 aromatic carbocycles. The maximum absolute atomic E-state index is 12.9. The lowest BCUT2D eigenvalue weighted by atomic mass is 10.0. The fourth-order valence-corrected chi connectivity index (χ4v) is 3.38. The van der Waals surface area contributed by atoms with Crippen LogP contribution in [-0.4, -0.2) is 52.4 Å². The van der Waals surface area contributed by atoms with Crippen LogP contribution in [0, 0.1) is 0 Å². The molecule has 6 heteroatoms. The molecule has 1 aliphatic heterocycles. The molecule has 6 nitrogen and oxygen atoms in total. The average molecular weight is 340 g/mol. The molecule has 2 aromatic rings. The minimum absolute atomic E-state index is 0.0357. The van der Waals surface area contributed by atoms with Crippen molar-refractivity contribution in [2.24, 2.45) is 0 Å². The van der Waals surface area contributed by atoms with Gasteiger partial charge in [-0.05, 0) is 24.5 Å². The zero-order chi connectivity index (χ0) is 17.1. The third-order valence-corrected chi connectivity index (χ3v) is 4.77. The number of ether oxygens (including phenoxy) is 1. The largest absolute Gasteiger partial charge is 0.374 e. The standard InChI is InChI=1S/C19H24N4O2/c24-19(21-16-7-8-16)18(15-5-2-1-3-6-15)22-11-12-25-17(13-22)14-23-10-4-9-20-23/h1-6,9-10,16-18H,7-8,11-14H2,(H,21,24)/t17-,18-/m1/s1. The van der Waals surface area contributed by atoms with Crippen LogP contribution in [0.5, 0.6) is 0 Å². The minimum atomic E-state index is -0.258. The first-order valence-electron chi connectivity index (χ1n) is 8.98. The molecule has 0 unspecified atom stereocenters. The summed E-state index contributed by atoms with van der Waals surface area (Å²) in [6.07, 6.45) is 5.94. The van der Waals surface area contributed by atoms with Gasteiger partial charge in [0, 0.05) is 31.5 Å². The fraction of sp³-hybridized carbons (Fsp3) is 0.474. The van der Waals surface area contributed by atoms with Crippen molar-refractivity contribution < 1.29 is 9.53 Å². The number of hydrogen-bond donors (Lipinski definition) is 1. The van der Waals surface area contributed by atoms with E-state index in [-0.39, 0.29) is 18.1 Å². The molecule has 1 saturated carbocycles. The van der Waals surface area contributed by atoms with Gasteiger partial charge >= 0.3 is 0 Å². The molecule has 1 saturated heterocycles. The Morgan fingerprint density at radius 3 is 2.84 bits per heavy atom. The van der Waals surface area contributed by atoms with E-state index in [9.17, 15) is 4.79 Å². The molecular weight excluding hydrogens is 316 g/mol. The van der Waals surface area contributed by atoms with Crippen LogP contribution in [0.25, 0.3) is 0 Å². The summed E-state index contributed by atoms with van der Waals surface area (Å²) in [5.74, 6) is 0.105. The molecule has 4 rings (SSSR count). The molecule has 1 aromatic heterocycles. The molecular formula is C19H24N4O2. The van der Waals surface area contributed by atoms with Gasteiger partial charge in [0.15, 0.2) is 0 Å². The van der Waals surface area contributed by atoms with Gasteiger partial charge in [-0.3, -0.25) is 14.4 Å². The van der Waals surface area contributed by atoms with E-state index in [0.717, 1.165) is 31.5 Å². The van der Waals surface area contributed by atoms with Gasteiger partial charge < -0.3 is 10.1 Å². The van der Waals surface area contributed by atoms with Gasteiger partial charge in [0.05, 0.1) is 19.3 Å². The first kappa shape index (κ1) is 16.3. The average Bonchev–Trinajstić information content (AvgIpc) is 3.29. The number of nitrogens with one attached hydrogen (secondary N) is 1. The van der Waals surface area contributed by atoms with Crippen LogP contribution in [0.3, 0.4) is 0 Å². The first-order valence-corrected chi connectivity index (χ1v) is 8.98. The molecule has 0 radical (unpaired) electrons. The summed E-state index contributed by atoms with van der Waals surface area (Å²) < 4.78 is 7.79. The normalized spacial score (nSPS) is 22.5. The number of carbonyl (C=O) groups is 1. The number of carbonyl (C=O) groups excluding carboxylic acids is 1. The van der Waals surface area contributed by atoms with Crippen LogP contribution in [0.1, 0.15) is 24.4 Å². The highest BCUT2D eigenvalue weighted by Crippen LogP contribution is 2.26. The summed E-state index contributed by atoms with van der Waals surface area (Å²) in [6.45, 7) is 2.81. The van der Waals surface area contributed by atoms with E-state index >= 15 is 0 Å². The predicted molar refractivity (Wildman–Crippen MR) is 93.9 cm³/mol. The summed E-state index contributed by atoms with van der Waals surface area (Å²) >= 11 is 0. The molecule has 25 heavy (non-hydrogen) atoms. The number of amides is 1. The van der Waals surface area contributed by atoms with Gasteiger partial charge in [0.1, 0.15) is 6.04 Å². The van der Waals surface area contributed by atoms with Crippen molar-refractivity contribution in [3.63, 3.8) is 0 Å². The Kier molecular flexibility index (Phi) is 4.81. The van der Waals surface area contributed by atoms with Gasteiger partial charge in [-0.25, -0.2) is 0 Å². The molecule has 2 aliphatic rings. The lowest BCUT2D eigenvalue weighted by Gasteiger charge is -2.37. The third kappa shape index (κ3) is 4.08. The molecule has 2 fully saturated rings. The van der Waals surface area contributed by atoms with Crippen LogP contribution in [0.15, 0.2) is 48.8 Å². The maximum atomic E-state index is 12.9. The second-order valence-corrected chi connectivity index (χ2v) is 6.81. The van der Waals surface area contributed by atoms with Crippen molar-refractivity contribution in [1.82, 2.24) is 20.0 Å². The minimum Gasteiger partial charge on any atom is -0.374 e. The molecule has 132 valence electrons. The number of nitrogens with zero attached hydrogens (tertiary/aromatic N) is 3. The Bertz CT molecular complexity index is 685. The predicted octanol–water partition coefficient (Wildman–Crippen LogP) is 1.60. The molecule has 0 spiro atoms. The van der Waals surface area contributed by atoms with Crippen molar-refractivity contribution in [2.75, 3.05) is 19.7 Å². The number of rotatable bonds is 6. The van der Waals surface area contributed by atoms with E-state index in [1.807, 2.05) is 47.3 Å². The van der Waals surface area contributed by atoms with Crippen LogP contribution in [0.2, 0.25) is 0 Å². The van der Waals surface area contributed by atoms with Crippen LogP contribution >= 0.6 is 0 Å². The Hall–Kier alpha value is -2.18. The topological polar surface area (TPSA) is 59.4 Å². The van der Waals surface area contributed by atoms with E-state index in [0.29, 0.717) is 19.2 Å². The van der Waals surface area contributed by atoms with Gasteiger partial charge in [-0.2, -0.15) is 5.10 Å². The Morgan fingerprint density at radius 1 is 1.28 bits per heavy atom. The van der Waals surface area contributed by atoms with E-state index < -0.39 is 0 Å². The number of aromatic nitrogens is 2. The summed E-state index contributed by atoms with van der Waals surface area (Å²) in [4.78, 5) is 15.1. The number of benzene rings is 1. The number of hydrogen-bond acceptors (Lipinski definition) is 4. The van der Waals surface area contributed by atoms with Crippen molar-refractivity contribution in [2.45, 2.75) is 37.6 Å². The Balaban J connectivity index is 1.50. The molecule has 2 atom stereocenters. The summed E-state index contributed by atoms with van der Waals surface area (Å²) in [5.41, 5.74) is 1.04. The smallest absolute Gasteiger partial charge is 0.242 e. The van der Waals surface area contributed by atoms with Crippen LogP contribution in [0.4, 0.5) is 0 Å². The van der Waals surface area contributed by atoms with E-state index in [1.54, 1.807) is 6.20 Å². The van der Waals surface area contributed by atoms with Crippen molar-refractivity contribution in [3.05, 3.63) is 54.4 Å². The van der Waals surface area contributed by atoms with Crippen LogP contribution in [-0.2, 0) is 16.1 Å². The van der Waals surface area contributed by atoms with Crippen molar-refractivity contribution in [3.8, 4) is 0 Å². The lowest BCUT2D eigenvalue weighted by Crippen LogP contribution is -2.50.